The van der Waals surface area contributed by atoms with E-state index in [1.165, 1.54) is 5.56 Å². The van der Waals surface area contributed by atoms with Crippen LogP contribution in [0.5, 0.6) is 0 Å². The number of piperazine rings is 1. The van der Waals surface area contributed by atoms with E-state index in [1.54, 1.807) is 0 Å². The van der Waals surface area contributed by atoms with Crippen molar-refractivity contribution in [2.24, 2.45) is 0 Å². The summed E-state index contributed by atoms with van der Waals surface area (Å²) < 4.78 is 0. The molecule has 4 rings (SSSR count). The summed E-state index contributed by atoms with van der Waals surface area (Å²) >= 11 is 0. The molecule has 0 bridgehead atoms. The van der Waals surface area contributed by atoms with Gasteiger partial charge in [0.25, 0.3) is 0 Å². The molecule has 6 nitrogen and oxygen atoms in total. The van der Waals surface area contributed by atoms with Gasteiger partial charge in [-0.2, -0.15) is 0 Å². The molecule has 0 saturated carbocycles. The molecule has 2 heterocycles. The Balaban J connectivity index is 1.27. The SMILES string of the molecule is CCc1ccccc1NC(=O)CN1CCN(CC(=O)N2c3ccccc3CCC2C)CC1. The minimum Gasteiger partial charge on any atom is -0.325 e. The summed E-state index contributed by atoms with van der Waals surface area (Å²) in [6, 6.07) is 16.4. The minimum absolute atomic E-state index is 0.0224. The number of para-hydroxylation sites is 2. The summed E-state index contributed by atoms with van der Waals surface area (Å²) in [6.07, 6.45) is 2.93. The van der Waals surface area contributed by atoms with Crippen LogP contribution in [0.15, 0.2) is 48.5 Å². The van der Waals surface area contributed by atoms with Crippen molar-refractivity contribution in [1.82, 2.24) is 9.80 Å². The summed E-state index contributed by atoms with van der Waals surface area (Å²) in [5.74, 6) is 0.196. The van der Waals surface area contributed by atoms with Crippen LogP contribution in [0.3, 0.4) is 0 Å². The van der Waals surface area contributed by atoms with Gasteiger partial charge in [0.15, 0.2) is 0 Å². The van der Waals surface area contributed by atoms with Crippen LogP contribution in [0.25, 0.3) is 0 Å². The van der Waals surface area contributed by atoms with Crippen molar-refractivity contribution in [2.75, 3.05) is 49.5 Å². The molecule has 0 radical (unpaired) electrons. The first-order chi connectivity index (χ1) is 15.5. The Hall–Kier alpha value is -2.70. The van der Waals surface area contributed by atoms with Gasteiger partial charge >= 0.3 is 0 Å². The summed E-state index contributed by atoms with van der Waals surface area (Å²) in [5, 5.41) is 3.05. The first-order valence-electron chi connectivity index (χ1n) is 11.8. The smallest absolute Gasteiger partial charge is 0.241 e. The van der Waals surface area contributed by atoms with Crippen molar-refractivity contribution in [2.45, 2.75) is 39.2 Å². The van der Waals surface area contributed by atoms with Gasteiger partial charge < -0.3 is 10.2 Å². The van der Waals surface area contributed by atoms with Crippen LogP contribution in [-0.2, 0) is 22.4 Å². The number of hydrogen-bond donors (Lipinski definition) is 1. The van der Waals surface area contributed by atoms with E-state index in [2.05, 4.69) is 41.1 Å². The van der Waals surface area contributed by atoms with E-state index in [-0.39, 0.29) is 17.9 Å². The number of nitrogens with zero attached hydrogens (tertiary/aromatic N) is 3. The highest BCUT2D eigenvalue weighted by molar-refractivity contribution is 5.96. The zero-order valence-electron chi connectivity index (χ0n) is 19.2. The highest BCUT2D eigenvalue weighted by atomic mass is 16.2. The van der Waals surface area contributed by atoms with Gasteiger partial charge in [-0.25, -0.2) is 0 Å². The maximum atomic E-state index is 13.2. The standard InChI is InChI=1S/C26H34N4O2/c1-3-21-8-4-6-10-23(21)27-25(31)18-28-14-16-29(17-15-28)19-26(32)30-20(2)12-13-22-9-5-7-11-24(22)30/h4-11,20H,3,12-19H2,1-2H3,(H,27,31). The van der Waals surface area contributed by atoms with E-state index in [9.17, 15) is 9.59 Å². The molecule has 170 valence electrons. The first kappa shape index (κ1) is 22.5. The maximum absolute atomic E-state index is 13.2. The van der Waals surface area contributed by atoms with Crippen LogP contribution in [0.4, 0.5) is 11.4 Å². The third kappa shape index (κ3) is 5.19. The number of rotatable bonds is 6. The van der Waals surface area contributed by atoms with Crippen LogP contribution in [0.2, 0.25) is 0 Å². The number of carbonyl (C=O) groups excluding carboxylic acids is 2. The van der Waals surface area contributed by atoms with Crippen LogP contribution in [0.1, 0.15) is 31.4 Å². The van der Waals surface area contributed by atoms with Gasteiger partial charge in [0, 0.05) is 43.6 Å². The van der Waals surface area contributed by atoms with Crippen LogP contribution >= 0.6 is 0 Å². The topological polar surface area (TPSA) is 55.9 Å². The molecule has 32 heavy (non-hydrogen) atoms. The predicted octanol–water partition coefficient (Wildman–Crippen LogP) is 3.17. The zero-order chi connectivity index (χ0) is 22.5. The largest absolute Gasteiger partial charge is 0.325 e. The molecular formula is C26H34N4O2. The fourth-order valence-electron chi connectivity index (χ4n) is 4.78. The minimum atomic E-state index is 0.0224. The van der Waals surface area contributed by atoms with E-state index in [0.29, 0.717) is 13.1 Å². The second-order valence-corrected chi connectivity index (χ2v) is 8.89. The van der Waals surface area contributed by atoms with Crippen LogP contribution in [-0.4, -0.2) is 66.9 Å². The van der Waals surface area contributed by atoms with Gasteiger partial charge in [-0.3, -0.25) is 19.4 Å². The van der Waals surface area contributed by atoms with Gasteiger partial charge in [0.1, 0.15) is 0 Å². The van der Waals surface area contributed by atoms with E-state index < -0.39 is 0 Å². The van der Waals surface area contributed by atoms with Gasteiger partial charge in [-0.05, 0) is 49.4 Å². The van der Waals surface area contributed by atoms with Gasteiger partial charge in [-0.1, -0.05) is 43.3 Å². The van der Waals surface area contributed by atoms with Crippen molar-refractivity contribution in [3.05, 3.63) is 59.7 Å². The van der Waals surface area contributed by atoms with Crippen LogP contribution < -0.4 is 10.2 Å². The number of amides is 2. The molecule has 2 aromatic rings. The fourth-order valence-corrected chi connectivity index (χ4v) is 4.78. The number of nitrogens with one attached hydrogen (secondary N) is 1. The molecule has 1 unspecified atom stereocenters. The third-order valence-electron chi connectivity index (χ3n) is 6.66. The number of fused-ring (bicyclic) bond motifs is 1. The first-order valence-corrected chi connectivity index (χ1v) is 11.8. The highest BCUT2D eigenvalue weighted by Gasteiger charge is 2.30. The molecule has 0 aromatic heterocycles. The summed E-state index contributed by atoms with van der Waals surface area (Å²) in [6.45, 7) is 8.24. The lowest BCUT2D eigenvalue weighted by Crippen LogP contribution is -2.53. The van der Waals surface area contributed by atoms with Crippen molar-refractivity contribution in [1.29, 1.82) is 0 Å². The number of anilines is 2. The number of benzene rings is 2. The molecule has 1 atom stereocenters. The summed E-state index contributed by atoms with van der Waals surface area (Å²) in [4.78, 5) is 32.1. The molecule has 1 saturated heterocycles. The van der Waals surface area contributed by atoms with E-state index in [1.807, 2.05) is 41.3 Å². The van der Waals surface area contributed by atoms with Crippen molar-refractivity contribution < 1.29 is 9.59 Å². The molecule has 0 aliphatic carbocycles. The summed E-state index contributed by atoms with van der Waals surface area (Å²) in [7, 11) is 0. The molecule has 1 N–H and O–H groups in total. The van der Waals surface area contributed by atoms with E-state index >= 15 is 0 Å². The Kier molecular flexibility index (Phi) is 7.22. The molecule has 2 aliphatic heterocycles. The third-order valence-corrected chi connectivity index (χ3v) is 6.66. The molecule has 6 heteroatoms. The molecular weight excluding hydrogens is 400 g/mol. The Morgan fingerprint density at radius 2 is 1.59 bits per heavy atom. The zero-order valence-corrected chi connectivity index (χ0v) is 19.2. The molecule has 2 aromatic carbocycles. The van der Waals surface area contributed by atoms with Crippen molar-refractivity contribution in [3.8, 4) is 0 Å². The lowest BCUT2D eigenvalue weighted by atomic mass is 9.96. The second kappa shape index (κ2) is 10.3. The molecule has 1 fully saturated rings. The monoisotopic (exact) mass is 434 g/mol. The lowest BCUT2D eigenvalue weighted by Gasteiger charge is -2.38. The van der Waals surface area contributed by atoms with Gasteiger partial charge in [0.05, 0.1) is 13.1 Å². The number of aryl methyl sites for hydroxylation is 2. The van der Waals surface area contributed by atoms with Crippen molar-refractivity contribution in [3.63, 3.8) is 0 Å². The highest BCUT2D eigenvalue weighted by Crippen LogP contribution is 2.30. The van der Waals surface area contributed by atoms with Gasteiger partial charge in [-0.15, -0.1) is 0 Å². The quantitative estimate of drug-likeness (QED) is 0.759. The van der Waals surface area contributed by atoms with Gasteiger partial charge in [0.2, 0.25) is 11.8 Å². The van der Waals surface area contributed by atoms with E-state index in [4.69, 9.17) is 0 Å². The van der Waals surface area contributed by atoms with Crippen molar-refractivity contribution >= 4 is 23.2 Å². The maximum Gasteiger partial charge on any atom is 0.241 e. The second-order valence-electron chi connectivity index (χ2n) is 8.89. The Labute approximate surface area is 191 Å². The Morgan fingerprint density at radius 1 is 0.938 bits per heavy atom. The fraction of sp³-hybridized carbons (Fsp3) is 0.462. The Bertz CT molecular complexity index is 952. The predicted molar refractivity (Wildman–Crippen MR) is 129 cm³/mol. The molecule has 2 amide bonds. The molecule has 0 spiro atoms. The number of carbonyl (C=O) groups is 2. The van der Waals surface area contributed by atoms with Crippen LogP contribution in [0, 0.1) is 0 Å². The Morgan fingerprint density at radius 3 is 2.34 bits per heavy atom. The normalized spacial score (nSPS) is 19.4. The average Bonchev–Trinajstić information content (AvgIpc) is 2.80. The summed E-state index contributed by atoms with van der Waals surface area (Å²) in [5.41, 5.74) is 4.39. The number of hydrogen-bond acceptors (Lipinski definition) is 4. The lowest BCUT2D eigenvalue weighted by molar-refractivity contribution is -0.121. The molecule has 2 aliphatic rings. The average molecular weight is 435 g/mol. The van der Waals surface area contributed by atoms with E-state index in [0.717, 1.165) is 62.4 Å².